The number of hydrogen-bond acceptors (Lipinski definition) is 4. The van der Waals surface area contributed by atoms with Gasteiger partial charge in [-0.05, 0) is 90.7 Å². The summed E-state index contributed by atoms with van der Waals surface area (Å²) in [5.41, 5.74) is 16.4. The van der Waals surface area contributed by atoms with Crippen LogP contribution in [0.1, 0.15) is 92.3 Å². The van der Waals surface area contributed by atoms with Gasteiger partial charge in [-0.2, -0.15) is 0 Å². The van der Waals surface area contributed by atoms with E-state index in [1.165, 1.54) is 44.5 Å². The molecule has 4 aromatic heterocycles. The van der Waals surface area contributed by atoms with Crippen molar-refractivity contribution in [3.63, 3.8) is 0 Å². The molecule has 0 unspecified atom stereocenters. The number of aromatic nitrogens is 3. The fourth-order valence-corrected chi connectivity index (χ4v) is 6.59. The summed E-state index contributed by atoms with van der Waals surface area (Å²) in [4.78, 5) is 14.2. The molecule has 0 aliphatic rings. The van der Waals surface area contributed by atoms with E-state index in [1.54, 1.807) is 0 Å². The van der Waals surface area contributed by atoms with Crippen LogP contribution in [0.15, 0.2) is 89.6 Å². The summed E-state index contributed by atoms with van der Waals surface area (Å²) in [6, 6.07) is 32.0. The largest absolute Gasteiger partial charge is 0.486 e. The molecule has 4 heterocycles. The predicted molar refractivity (Wildman–Crippen MR) is 213 cm³/mol. The fraction of sp³-hybridized carbons (Fsp3) is 0.298. The maximum atomic E-state index is 6.47. The smallest absolute Gasteiger partial charge is 0.216 e. The second-order valence-electron chi connectivity index (χ2n) is 14.9. The van der Waals surface area contributed by atoms with Gasteiger partial charge in [0.15, 0.2) is 0 Å². The number of furan rings is 1. The summed E-state index contributed by atoms with van der Waals surface area (Å²) >= 11 is 0. The average Bonchev–Trinajstić information content (AvgIpc) is 3.48. The molecule has 269 valence electrons. The van der Waals surface area contributed by atoms with Crippen LogP contribution in [0.3, 0.4) is 0 Å². The molecule has 0 fully saturated rings. The quantitative estimate of drug-likeness (QED) is 0.150. The van der Waals surface area contributed by atoms with Gasteiger partial charge < -0.3 is 14.4 Å². The molecule has 0 aliphatic carbocycles. The van der Waals surface area contributed by atoms with Crippen molar-refractivity contribution >= 4 is 22.1 Å². The molecule has 0 bridgehead atoms. The zero-order valence-electron chi connectivity index (χ0n) is 32.1. The Bertz CT molecular complexity index is 2290. The van der Waals surface area contributed by atoms with E-state index in [0.29, 0.717) is 23.5 Å². The molecule has 0 aliphatic heterocycles. The summed E-state index contributed by atoms with van der Waals surface area (Å²) in [6.45, 7) is 21.8. The van der Waals surface area contributed by atoms with Crippen LogP contribution in [0, 0.1) is 45.7 Å². The van der Waals surface area contributed by atoms with Gasteiger partial charge in [0, 0.05) is 43.4 Å². The van der Waals surface area contributed by atoms with Crippen LogP contribution in [-0.4, -0.2) is 15.0 Å². The first-order chi connectivity index (χ1) is 24.4. The molecule has 4 nitrogen and oxygen atoms in total. The van der Waals surface area contributed by atoms with Crippen molar-refractivity contribution in [2.45, 2.75) is 87.5 Å². The van der Waals surface area contributed by atoms with Gasteiger partial charge in [-0.25, -0.2) is 4.98 Å². The Morgan fingerprint density at radius 2 is 1.37 bits per heavy atom. The van der Waals surface area contributed by atoms with E-state index in [-0.39, 0.29) is 20.1 Å². The Kier molecular flexibility index (Phi) is 12.3. The number of benzene rings is 3. The van der Waals surface area contributed by atoms with E-state index in [4.69, 9.17) is 14.4 Å². The van der Waals surface area contributed by atoms with Crippen LogP contribution in [-0.2, 0) is 26.5 Å². The molecule has 5 heteroatoms. The molecule has 0 atom stereocenters. The van der Waals surface area contributed by atoms with Gasteiger partial charge in [0.05, 0.1) is 11.3 Å². The van der Waals surface area contributed by atoms with Gasteiger partial charge in [-0.15, -0.1) is 53.6 Å². The molecule has 7 aromatic rings. The van der Waals surface area contributed by atoms with Gasteiger partial charge in [0.25, 0.3) is 0 Å². The molecule has 7 rings (SSSR count). The van der Waals surface area contributed by atoms with E-state index in [9.17, 15) is 0 Å². The molecule has 0 N–H and O–H groups in total. The maximum absolute atomic E-state index is 6.47. The van der Waals surface area contributed by atoms with E-state index in [1.807, 2.05) is 24.5 Å². The summed E-state index contributed by atoms with van der Waals surface area (Å²) < 4.78 is 6.47. The zero-order valence-corrected chi connectivity index (χ0v) is 34.5. The minimum absolute atomic E-state index is 0. The van der Waals surface area contributed by atoms with Crippen molar-refractivity contribution in [2.75, 3.05) is 0 Å². The van der Waals surface area contributed by atoms with Gasteiger partial charge in [0.1, 0.15) is 0 Å². The maximum Gasteiger partial charge on any atom is 0.216 e. The second kappa shape index (κ2) is 16.5. The summed E-state index contributed by atoms with van der Waals surface area (Å²) in [5.74, 6) is 1.39. The Hall–Kier alpha value is -4.44. The number of fused-ring (bicyclic) bond motifs is 3. The second-order valence-corrected chi connectivity index (χ2v) is 14.9. The number of nitrogens with zero attached hydrogens (tertiary/aromatic N) is 3. The number of pyridine rings is 3. The Balaban J connectivity index is 0.000000274. The van der Waals surface area contributed by atoms with Gasteiger partial charge in [0.2, 0.25) is 5.71 Å². The van der Waals surface area contributed by atoms with E-state index >= 15 is 0 Å². The first-order valence-corrected chi connectivity index (χ1v) is 18.2. The third kappa shape index (κ3) is 8.27. The van der Waals surface area contributed by atoms with Gasteiger partial charge in [-0.1, -0.05) is 101 Å². The van der Waals surface area contributed by atoms with E-state index in [2.05, 4.69) is 147 Å². The molecule has 1 radical (unpaired) electrons. The number of aryl methyl sites for hydroxylation is 4. The summed E-state index contributed by atoms with van der Waals surface area (Å²) in [5, 5.41) is 2.07. The molecule has 0 amide bonds. The van der Waals surface area contributed by atoms with Crippen molar-refractivity contribution in [2.24, 2.45) is 5.92 Å². The SMILES string of the molecule is Cc1c[c-]c(-c2cc(C)c(C)cn2)cc1.Cc1cnc(-c2[c-]ccc3c2oc2nc(-c4c(C(C)C)cccc4C(C)C)ccc23)cc1CC(C)C.[Ir]. The normalized spacial score (nSPS) is 11.3. The Labute approximate surface area is 323 Å². The average molecular weight is 864 g/mol. The first kappa shape index (κ1) is 38.8. The fourth-order valence-electron chi connectivity index (χ4n) is 6.59. The molecular formula is C47H49IrN3O-2. The Morgan fingerprint density at radius 1 is 0.673 bits per heavy atom. The molecule has 0 saturated heterocycles. The third-order valence-corrected chi connectivity index (χ3v) is 9.64. The van der Waals surface area contributed by atoms with E-state index in [0.717, 1.165) is 51.0 Å². The van der Waals surface area contributed by atoms with Crippen LogP contribution in [0.25, 0.3) is 55.8 Å². The van der Waals surface area contributed by atoms with Gasteiger partial charge >= 0.3 is 0 Å². The van der Waals surface area contributed by atoms with Crippen LogP contribution in [0.5, 0.6) is 0 Å². The van der Waals surface area contributed by atoms with Crippen molar-refractivity contribution < 1.29 is 24.5 Å². The monoisotopic (exact) mass is 864 g/mol. The van der Waals surface area contributed by atoms with Crippen molar-refractivity contribution in [3.05, 3.63) is 136 Å². The molecule has 3 aromatic carbocycles. The first-order valence-electron chi connectivity index (χ1n) is 18.2. The van der Waals surface area contributed by atoms with Crippen LogP contribution >= 0.6 is 0 Å². The molecule has 0 spiro atoms. The van der Waals surface area contributed by atoms with Crippen molar-refractivity contribution in [1.82, 2.24) is 15.0 Å². The standard InChI is InChI=1S/C33H35N2O.C14H14N.Ir/c1-19(2)16-23-17-30(34-18-22(23)7)28-13-9-12-26-27-14-15-29(35-33(27)36-32(26)28)31-24(20(3)4)10-8-11-25(31)21(5)6;1-10-4-6-13(7-5-10)14-8-11(2)12(3)9-15-14;/h8-12,14-15,17-21H,16H2,1-7H3;4-6,8-9H,1-3H3;/q2*-1;. The zero-order chi connectivity index (χ0) is 36.4. The van der Waals surface area contributed by atoms with Gasteiger partial charge in [-0.3, -0.25) is 0 Å². The minimum Gasteiger partial charge on any atom is -0.486 e. The number of hydrogen-bond donors (Lipinski definition) is 0. The number of rotatable bonds is 7. The summed E-state index contributed by atoms with van der Waals surface area (Å²) in [6.07, 6.45) is 4.91. The third-order valence-electron chi connectivity index (χ3n) is 9.64. The topological polar surface area (TPSA) is 51.8 Å². The minimum atomic E-state index is 0. The van der Waals surface area contributed by atoms with E-state index < -0.39 is 0 Å². The summed E-state index contributed by atoms with van der Waals surface area (Å²) in [7, 11) is 0. The molecular weight excluding hydrogens is 815 g/mol. The molecule has 52 heavy (non-hydrogen) atoms. The van der Waals surface area contributed by atoms with Crippen LogP contribution in [0.4, 0.5) is 0 Å². The van der Waals surface area contributed by atoms with Crippen LogP contribution in [0.2, 0.25) is 0 Å². The van der Waals surface area contributed by atoms with Crippen molar-refractivity contribution in [1.29, 1.82) is 0 Å². The Morgan fingerprint density at radius 3 is 2.00 bits per heavy atom. The van der Waals surface area contributed by atoms with Crippen LogP contribution < -0.4 is 0 Å². The van der Waals surface area contributed by atoms with Crippen molar-refractivity contribution in [3.8, 4) is 33.8 Å². The predicted octanol–water partition coefficient (Wildman–Crippen LogP) is 12.7. The molecule has 0 saturated carbocycles.